The Balaban J connectivity index is 2.82. The molecule has 0 radical (unpaired) electrons. The Hall–Kier alpha value is -1.19. The molecule has 0 aliphatic heterocycles. The second-order valence-electron chi connectivity index (χ2n) is 3.82. The van der Waals surface area contributed by atoms with E-state index in [2.05, 4.69) is 0 Å². The number of nitrogen functional groups attached to an aromatic ring is 1. The molecule has 0 aliphatic rings. The summed E-state index contributed by atoms with van der Waals surface area (Å²) < 4.78 is 61.4. The highest BCUT2D eigenvalue weighted by atomic mass is 32.2. The molecule has 1 aromatic carbocycles. The average Bonchev–Trinajstić information content (AvgIpc) is 2.27. The summed E-state index contributed by atoms with van der Waals surface area (Å²) in [5.41, 5.74) is 5.41. The highest BCUT2D eigenvalue weighted by molar-refractivity contribution is 7.91. The van der Waals surface area contributed by atoms with Gasteiger partial charge in [0.15, 0.2) is 9.84 Å². The first-order valence-corrected chi connectivity index (χ1v) is 8.73. The molecule has 0 fully saturated rings. The normalized spacial score (nSPS) is 12.5. The van der Waals surface area contributed by atoms with Crippen molar-refractivity contribution in [3.05, 3.63) is 24.0 Å². The fraction of sp³-hybridized carbons (Fsp3) is 0.400. The van der Waals surface area contributed by atoms with Gasteiger partial charge in [-0.2, -0.15) is 0 Å². The molecule has 19 heavy (non-hydrogen) atoms. The maximum atomic E-state index is 13.5. The van der Waals surface area contributed by atoms with Gasteiger partial charge in [-0.1, -0.05) is 6.92 Å². The molecule has 0 saturated heterocycles. The lowest BCUT2D eigenvalue weighted by atomic mass is 10.3. The second-order valence-corrected chi connectivity index (χ2v) is 8.03. The van der Waals surface area contributed by atoms with Crippen molar-refractivity contribution in [3.63, 3.8) is 0 Å². The molecule has 0 aromatic heterocycles. The lowest BCUT2D eigenvalue weighted by molar-refractivity contribution is 0.558. The predicted octanol–water partition coefficient (Wildman–Crippen LogP) is 0.121. The zero-order valence-corrected chi connectivity index (χ0v) is 11.9. The quantitative estimate of drug-likeness (QED) is 0.726. The van der Waals surface area contributed by atoms with Crippen LogP contribution in [0.3, 0.4) is 0 Å². The molecule has 0 saturated carbocycles. The van der Waals surface area contributed by atoms with Gasteiger partial charge in [-0.05, 0) is 18.2 Å². The summed E-state index contributed by atoms with van der Waals surface area (Å²) in [6.45, 7) is 1.16. The van der Waals surface area contributed by atoms with Gasteiger partial charge in [0.1, 0.15) is 10.7 Å². The smallest absolute Gasteiger partial charge is 0.243 e. The van der Waals surface area contributed by atoms with Crippen LogP contribution < -0.4 is 10.5 Å². The Bertz CT molecular complexity index is 656. The topological polar surface area (TPSA) is 106 Å². The first-order chi connectivity index (χ1) is 8.68. The summed E-state index contributed by atoms with van der Waals surface area (Å²) in [6.07, 6.45) is 0. The zero-order valence-electron chi connectivity index (χ0n) is 10.3. The van der Waals surface area contributed by atoms with Gasteiger partial charge in [-0.3, -0.25) is 0 Å². The molecule has 0 aliphatic carbocycles. The Morgan fingerprint density at radius 2 is 1.89 bits per heavy atom. The molecular formula is C10H15FN2O4S2. The van der Waals surface area contributed by atoms with Crippen molar-refractivity contribution >= 4 is 25.5 Å². The Labute approximate surface area is 111 Å². The van der Waals surface area contributed by atoms with Gasteiger partial charge in [0.25, 0.3) is 0 Å². The SMILES string of the molecule is CCS(=O)(=O)CCNS(=O)(=O)c1ccc(N)cc1F. The monoisotopic (exact) mass is 310 g/mol. The van der Waals surface area contributed by atoms with Gasteiger partial charge in [-0.15, -0.1) is 0 Å². The summed E-state index contributed by atoms with van der Waals surface area (Å²) in [5.74, 6) is -1.39. The molecule has 108 valence electrons. The third-order valence-electron chi connectivity index (χ3n) is 2.39. The van der Waals surface area contributed by atoms with E-state index in [-0.39, 0.29) is 23.7 Å². The zero-order chi connectivity index (χ0) is 14.7. The van der Waals surface area contributed by atoms with Crippen LogP contribution in [0.15, 0.2) is 23.1 Å². The minimum atomic E-state index is -4.08. The number of nitrogens with one attached hydrogen (secondary N) is 1. The van der Waals surface area contributed by atoms with Crippen molar-refractivity contribution in [2.45, 2.75) is 11.8 Å². The molecule has 6 nitrogen and oxygen atoms in total. The molecule has 0 bridgehead atoms. The van der Waals surface area contributed by atoms with Crippen LogP contribution in [0.2, 0.25) is 0 Å². The van der Waals surface area contributed by atoms with Crippen LogP contribution in [-0.4, -0.2) is 34.9 Å². The first-order valence-electron chi connectivity index (χ1n) is 5.43. The summed E-state index contributed by atoms with van der Waals surface area (Å²) in [5, 5.41) is 0. The van der Waals surface area contributed by atoms with Crippen molar-refractivity contribution in [1.82, 2.24) is 4.72 Å². The summed E-state index contributed by atoms with van der Waals surface area (Å²) in [6, 6.07) is 3.17. The number of hydrogen-bond acceptors (Lipinski definition) is 5. The number of sulfone groups is 1. The molecule has 9 heteroatoms. The second kappa shape index (κ2) is 5.85. The molecule has 0 amide bonds. The van der Waals surface area contributed by atoms with Crippen LogP contribution in [0.5, 0.6) is 0 Å². The molecular weight excluding hydrogens is 295 g/mol. The molecule has 0 atom stereocenters. The highest BCUT2D eigenvalue weighted by Gasteiger charge is 2.19. The number of anilines is 1. The summed E-state index contributed by atoms with van der Waals surface area (Å²) >= 11 is 0. The largest absolute Gasteiger partial charge is 0.399 e. The average molecular weight is 310 g/mol. The molecule has 0 spiro atoms. The minimum Gasteiger partial charge on any atom is -0.399 e. The van der Waals surface area contributed by atoms with Crippen LogP contribution in [-0.2, 0) is 19.9 Å². The Morgan fingerprint density at radius 3 is 2.42 bits per heavy atom. The van der Waals surface area contributed by atoms with E-state index in [1.807, 2.05) is 4.72 Å². The van der Waals surface area contributed by atoms with Gasteiger partial charge in [0.05, 0.1) is 5.75 Å². The lowest BCUT2D eigenvalue weighted by Crippen LogP contribution is -2.30. The standard InChI is InChI=1S/C10H15FN2O4S2/c1-2-18(14,15)6-5-13-19(16,17)10-4-3-8(12)7-9(10)11/h3-4,7,13H,2,5-6,12H2,1H3. The van der Waals surface area contributed by atoms with Gasteiger partial charge in [0, 0.05) is 18.0 Å². The van der Waals surface area contributed by atoms with Crippen molar-refractivity contribution in [1.29, 1.82) is 0 Å². The number of sulfonamides is 1. The summed E-state index contributed by atoms with van der Waals surface area (Å²) in [7, 11) is -7.37. The molecule has 1 rings (SSSR count). The molecule has 0 heterocycles. The number of hydrogen-bond donors (Lipinski definition) is 2. The van der Waals surface area contributed by atoms with Gasteiger partial charge >= 0.3 is 0 Å². The van der Waals surface area contributed by atoms with Crippen LogP contribution in [0.25, 0.3) is 0 Å². The first kappa shape index (κ1) is 15.9. The van der Waals surface area contributed by atoms with E-state index in [9.17, 15) is 21.2 Å². The van der Waals surface area contributed by atoms with Crippen molar-refractivity contribution in [2.24, 2.45) is 0 Å². The molecule has 0 unspecified atom stereocenters. The van der Waals surface area contributed by atoms with E-state index < -0.39 is 30.6 Å². The number of nitrogens with two attached hydrogens (primary N) is 1. The van der Waals surface area contributed by atoms with Crippen LogP contribution in [0.1, 0.15) is 6.92 Å². The fourth-order valence-corrected chi connectivity index (χ4v) is 3.21. The van der Waals surface area contributed by atoms with Crippen molar-refractivity contribution < 1.29 is 21.2 Å². The predicted molar refractivity (Wildman–Crippen MR) is 70.3 cm³/mol. The van der Waals surface area contributed by atoms with E-state index in [1.54, 1.807) is 0 Å². The number of benzene rings is 1. The van der Waals surface area contributed by atoms with E-state index in [4.69, 9.17) is 5.73 Å². The maximum Gasteiger partial charge on any atom is 0.243 e. The maximum absolute atomic E-state index is 13.5. The van der Waals surface area contributed by atoms with Crippen LogP contribution in [0.4, 0.5) is 10.1 Å². The lowest BCUT2D eigenvalue weighted by Gasteiger charge is -2.08. The third-order valence-corrected chi connectivity index (χ3v) is 5.59. The van der Waals surface area contributed by atoms with Crippen molar-refractivity contribution in [3.8, 4) is 0 Å². The fourth-order valence-electron chi connectivity index (χ4n) is 1.29. The van der Waals surface area contributed by atoms with E-state index in [1.165, 1.54) is 13.0 Å². The van der Waals surface area contributed by atoms with Crippen LogP contribution in [0, 0.1) is 5.82 Å². The Morgan fingerprint density at radius 1 is 1.26 bits per heavy atom. The van der Waals surface area contributed by atoms with Crippen LogP contribution >= 0.6 is 0 Å². The van der Waals surface area contributed by atoms with Crippen molar-refractivity contribution in [2.75, 3.05) is 23.8 Å². The van der Waals surface area contributed by atoms with Gasteiger partial charge in [-0.25, -0.2) is 25.9 Å². The number of halogens is 1. The highest BCUT2D eigenvalue weighted by Crippen LogP contribution is 2.16. The van der Waals surface area contributed by atoms with E-state index >= 15 is 0 Å². The van der Waals surface area contributed by atoms with Gasteiger partial charge < -0.3 is 5.73 Å². The molecule has 1 aromatic rings. The molecule has 3 N–H and O–H groups in total. The van der Waals surface area contributed by atoms with Gasteiger partial charge in [0.2, 0.25) is 10.0 Å². The summed E-state index contributed by atoms with van der Waals surface area (Å²) in [4.78, 5) is -0.560. The van der Waals surface area contributed by atoms with E-state index in [0.29, 0.717) is 0 Å². The third kappa shape index (κ3) is 4.44. The van der Waals surface area contributed by atoms with E-state index in [0.717, 1.165) is 12.1 Å². The number of rotatable bonds is 6. The Kier molecular flexibility index (Phi) is 4.88. The minimum absolute atomic E-state index is 0.0784.